The molecule has 1 heterocycles. The van der Waals surface area contributed by atoms with E-state index in [4.69, 9.17) is 9.47 Å². The molecule has 0 unspecified atom stereocenters. The fraction of sp³-hybridized carbons (Fsp3) is 0.190. The second kappa shape index (κ2) is 6.13. The molecule has 0 bridgehead atoms. The van der Waals surface area contributed by atoms with Gasteiger partial charge in [-0.1, -0.05) is 42.5 Å². The quantitative estimate of drug-likeness (QED) is 0.776. The zero-order chi connectivity index (χ0) is 17.4. The van der Waals surface area contributed by atoms with E-state index in [2.05, 4.69) is 29.6 Å². The van der Waals surface area contributed by atoms with Crippen LogP contribution < -0.4 is 14.8 Å². The number of ether oxygens (including phenoxy) is 2. The van der Waals surface area contributed by atoms with Crippen molar-refractivity contribution in [3.05, 3.63) is 65.7 Å². The van der Waals surface area contributed by atoms with E-state index in [9.17, 15) is 4.79 Å². The largest absolute Gasteiger partial charge is 0.493 e. The fourth-order valence-electron chi connectivity index (χ4n) is 3.62. The fourth-order valence-corrected chi connectivity index (χ4v) is 3.62. The van der Waals surface area contributed by atoms with Crippen LogP contribution in [0.3, 0.4) is 0 Å². The van der Waals surface area contributed by atoms with Crippen molar-refractivity contribution < 1.29 is 14.3 Å². The molecule has 0 saturated heterocycles. The summed E-state index contributed by atoms with van der Waals surface area (Å²) in [5, 5.41) is 5.31. The number of carbonyl (C=O) groups is 1. The van der Waals surface area contributed by atoms with Crippen molar-refractivity contribution in [1.82, 2.24) is 0 Å². The van der Waals surface area contributed by atoms with Crippen LogP contribution in [-0.2, 0) is 4.79 Å². The lowest BCUT2D eigenvalue weighted by Crippen LogP contribution is -2.23. The van der Waals surface area contributed by atoms with Crippen molar-refractivity contribution in [3.63, 3.8) is 0 Å². The van der Waals surface area contributed by atoms with Gasteiger partial charge in [-0.15, -0.1) is 0 Å². The molecule has 0 radical (unpaired) electrons. The Bertz CT molecular complexity index is 959. The van der Waals surface area contributed by atoms with Gasteiger partial charge in [-0.2, -0.15) is 0 Å². The third-order valence-electron chi connectivity index (χ3n) is 4.79. The molecule has 4 nitrogen and oxygen atoms in total. The highest BCUT2D eigenvalue weighted by molar-refractivity contribution is 5.97. The average Bonchev–Trinajstić information content (AvgIpc) is 2.65. The molecule has 0 fully saturated rings. The van der Waals surface area contributed by atoms with Crippen LogP contribution in [0.2, 0.25) is 0 Å². The van der Waals surface area contributed by atoms with Crippen molar-refractivity contribution in [3.8, 4) is 11.5 Å². The van der Waals surface area contributed by atoms with Gasteiger partial charge in [0, 0.05) is 24.1 Å². The number of methoxy groups -OCH3 is 2. The lowest BCUT2D eigenvalue weighted by molar-refractivity contribution is -0.116. The van der Waals surface area contributed by atoms with Gasteiger partial charge in [0.15, 0.2) is 11.5 Å². The van der Waals surface area contributed by atoms with Gasteiger partial charge in [0.1, 0.15) is 0 Å². The summed E-state index contributed by atoms with van der Waals surface area (Å²) in [7, 11) is 3.22. The average molecular weight is 333 g/mol. The summed E-state index contributed by atoms with van der Waals surface area (Å²) in [6.07, 6.45) is 0.413. The number of fused-ring (bicyclic) bond motifs is 2. The first kappa shape index (κ1) is 15.5. The summed E-state index contributed by atoms with van der Waals surface area (Å²) in [5.74, 6) is 1.27. The van der Waals surface area contributed by atoms with Gasteiger partial charge in [-0.05, 0) is 28.0 Å². The Balaban J connectivity index is 1.93. The van der Waals surface area contributed by atoms with Crippen LogP contribution >= 0.6 is 0 Å². The molecule has 4 heteroatoms. The highest BCUT2D eigenvalue weighted by Crippen LogP contribution is 2.44. The van der Waals surface area contributed by atoms with E-state index >= 15 is 0 Å². The Hall–Kier alpha value is -3.01. The molecule has 25 heavy (non-hydrogen) atoms. The Morgan fingerprint density at radius 3 is 2.44 bits per heavy atom. The van der Waals surface area contributed by atoms with E-state index in [-0.39, 0.29) is 11.8 Å². The maximum absolute atomic E-state index is 12.3. The molecule has 0 aromatic heterocycles. The number of hydrogen-bond donors (Lipinski definition) is 1. The molecular formula is C21H19NO3. The number of anilines is 1. The Labute approximate surface area is 146 Å². The second-order valence-electron chi connectivity index (χ2n) is 6.17. The van der Waals surface area contributed by atoms with Crippen molar-refractivity contribution in [1.29, 1.82) is 0 Å². The van der Waals surface area contributed by atoms with Crippen molar-refractivity contribution in [2.75, 3.05) is 19.5 Å². The molecule has 4 rings (SSSR count). The lowest BCUT2D eigenvalue weighted by Gasteiger charge is -2.28. The topological polar surface area (TPSA) is 47.6 Å². The number of rotatable bonds is 3. The summed E-state index contributed by atoms with van der Waals surface area (Å²) in [6.45, 7) is 0. The normalized spacial score (nSPS) is 16.2. The summed E-state index contributed by atoms with van der Waals surface area (Å²) < 4.78 is 10.8. The predicted molar refractivity (Wildman–Crippen MR) is 98.6 cm³/mol. The minimum Gasteiger partial charge on any atom is -0.493 e. The van der Waals surface area contributed by atoms with Crippen LogP contribution in [0.4, 0.5) is 5.69 Å². The lowest BCUT2D eigenvalue weighted by atomic mass is 9.82. The van der Waals surface area contributed by atoms with Gasteiger partial charge in [0.05, 0.1) is 14.2 Å². The first-order valence-electron chi connectivity index (χ1n) is 8.24. The molecule has 0 saturated carbocycles. The zero-order valence-corrected chi connectivity index (χ0v) is 14.2. The number of carbonyl (C=O) groups excluding carboxylic acids is 1. The van der Waals surface area contributed by atoms with Crippen molar-refractivity contribution in [2.24, 2.45) is 0 Å². The smallest absolute Gasteiger partial charge is 0.225 e. The molecule has 3 aromatic rings. The van der Waals surface area contributed by atoms with E-state index in [1.165, 1.54) is 10.8 Å². The zero-order valence-electron chi connectivity index (χ0n) is 14.2. The Morgan fingerprint density at radius 2 is 1.64 bits per heavy atom. The first-order valence-corrected chi connectivity index (χ1v) is 8.24. The summed E-state index contributed by atoms with van der Waals surface area (Å²) in [4.78, 5) is 12.3. The monoisotopic (exact) mass is 333 g/mol. The SMILES string of the molecule is COc1cc2c(cc1OC)[C@H](c1cccc3ccccc13)CC(=O)N2. The maximum Gasteiger partial charge on any atom is 0.225 e. The molecule has 1 aliphatic rings. The highest BCUT2D eigenvalue weighted by Gasteiger charge is 2.29. The first-order chi connectivity index (χ1) is 12.2. The van der Waals surface area contributed by atoms with E-state index in [0.29, 0.717) is 17.9 Å². The van der Waals surface area contributed by atoms with Gasteiger partial charge in [0.2, 0.25) is 5.91 Å². The minimum atomic E-state index is -0.0188. The van der Waals surface area contributed by atoms with E-state index in [0.717, 1.165) is 16.8 Å². The molecule has 1 aliphatic heterocycles. The predicted octanol–water partition coefficient (Wildman–Crippen LogP) is 4.33. The molecule has 1 atom stereocenters. The number of benzene rings is 3. The molecule has 1 amide bonds. The van der Waals surface area contributed by atoms with Gasteiger partial charge in [0.25, 0.3) is 0 Å². The van der Waals surface area contributed by atoms with E-state index in [1.54, 1.807) is 14.2 Å². The van der Waals surface area contributed by atoms with Crippen LogP contribution in [0.25, 0.3) is 10.8 Å². The van der Waals surface area contributed by atoms with Crippen LogP contribution in [-0.4, -0.2) is 20.1 Å². The summed E-state index contributed by atoms with van der Waals surface area (Å²) in [6, 6.07) is 18.3. The maximum atomic E-state index is 12.3. The third-order valence-corrected chi connectivity index (χ3v) is 4.79. The second-order valence-corrected chi connectivity index (χ2v) is 6.17. The molecule has 126 valence electrons. The van der Waals surface area contributed by atoms with Gasteiger partial charge >= 0.3 is 0 Å². The highest BCUT2D eigenvalue weighted by atomic mass is 16.5. The van der Waals surface area contributed by atoms with E-state index in [1.807, 2.05) is 30.3 Å². The van der Waals surface area contributed by atoms with Crippen LogP contribution in [0.15, 0.2) is 54.6 Å². The molecular weight excluding hydrogens is 314 g/mol. The van der Waals surface area contributed by atoms with E-state index < -0.39 is 0 Å². The van der Waals surface area contributed by atoms with Crippen LogP contribution in [0.1, 0.15) is 23.5 Å². The van der Waals surface area contributed by atoms with Crippen molar-refractivity contribution in [2.45, 2.75) is 12.3 Å². The van der Waals surface area contributed by atoms with Crippen molar-refractivity contribution >= 4 is 22.4 Å². The van der Waals surface area contributed by atoms with Gasteiger partial charge in [-0.3, -0.25) is 4.79 Å². The molecule has 0 aliphatic carbocycles. The Morgan fingerprint density at radius 1 is 0.920 bits per heavy atom. The Kier molecular flexibility index (Phi) is 3.80. The van der Waals surface area contributed by atoms with Crippen LogP contribution in [0, 0.1) is 0 Å². The van der Waals surface area contributed by atoms with Gasteiger partial charge < -0.3 is 14.8 Å². The molecule has 3 aromatic carbocycles. The molecule has 0 spiro atoms. The standard InChI is InChI=1S/C21H19NO3/c1-24-19-10-17-16(11-21(23)22-18(17)12-20(19)25-2)15-9-5-7-13-6-3-4-8-14(13)15/h3-10,12,16H,11H2,1-2H3,(H,22,23)/t16-/m0/s1. The third kappa shape index (κ3) is 2.60. The number of nitrogens with one attached hydrogen (secondary N) is 1. The van der Waals surface area contributed by atoms with Crippen LogP contribution in [0.5, 0.6) is 11.5 Å². The number of hydrogen-bond acceptors (Lipinski definition) is 3. The minimum absolute atomic E-state index is 0.0117. The summed E-state index contributed by atoms with van der Waals surface area (Å²) >= 11 is 0. The molecule has 1 N–H and O–H groups in total. The van der Waals surface area contributed by atoms with Gasteiger partial charge in [-0.25, -0.2) is 0 Å². The number of amides is 1. The summed E-state index contributed by atoms with van der Waals surface area (Å²) in [5.41, 5.74) is 2.99.